The summed E-state index contributed by atoms with van der Waals surface area (Å²) in [6.45, 7) is 3.71. The minimum absolute atomic E-state index is 0.107. The second-order valence-electron chi connectivity index (χ2n) is 6.48. The van der Waals surface area contributed by atoms with E-state index in [1.165, 1.54) is 0 Å². The summed E-state index contributed by atoms with van der Waals surface area (Å²) in [6.07, 6.45) is -0.735. The fourth-order valence-corrected chi connectivity index (χ4v) is 3.07. The first-order valence-electron chi connectivity index (χ1n) is 7.50. The van der Waals surface area contributed by atoms with E-state index in [0.717, 1.165) is 25.7 Å². The van der Waals surface area contributed by atoms with Gasteiger partial charge >= 0.3 is 6.18 Å². The highest BCUT2D eigenvalue weighted by molar-refractivity contribution is 4.99. The highest BCUT2D eigenvalue weighted by atomic mass is 19.4. The molecule has 2 aliphatic rings. The Bertz CT molecular complexity index is 312. The third-order valence-electron chi connectivity index (χ3n) is 4.64. The maximum Gasteiger partial charge on any atom is 0.390 e. The molecule has 0 aromatic rings. The van der Waals surface area contributed by atoms with Crippen molar-refractivity contribution in [1.82, 2.24) is 10.2 Å². The molecule has 1 saturated carbocycles. The SMILES string of the molecule is CC(CO)(NC1CCN(CCC(F)(F)F)CC1)C1CC1. The van der Waals surface area contributed by atoms with Gasteiger partial charge in [-0.05, 0) is 51.6 Å². The van der Waals surface area contributed by atoms with Crippen molar-refractivity contribution in [3.8, 4) is 0 Å². The number of nitrogens with one attached hydrogen (secondary N) is 1. The number of aliphatic hydroxyl groups excluding tert-OH is 1. The van der Waals surface area contributed by atoms with E-state index < -0.39 is 12.6 Å². The first-order valence-corrected chi connectivity index (χ1v) is 7.50. The van der Waals surface area contributed by atoms with Crippen LogP contribution in [0.5, 0.6) is 0 Å². The number of nitrogens with zero attached hydrogens (tertiary/aromatic N) is 1. The third-order valence-corrected chi connectivity index (χ3v) is 4.64. The second-order valence-corrected chi connectivity index (χ2v) is 6.48. The number of likely N-dealkylation sites (tertiary alicyclic amines) is 1. The number of halogens is 3. The van der Waals surface area contributed by atoms with Crippen LogP contribution < -0.4 is 5.32 Å². The van der Waals surface area contributed by atoms with Gasteiger partial charge in [-0.25, -0.2) is 0 Å². The fourth-order valence-electron chi connectivity index (χ4n) is 3.07. The molecule has 118 valence electrons. The normalized spacial score (nSPS) is 25.6. The molecule has 3 nitrogen and oxygen atoms in total. The molecule has 0 aromatic heterocycles. The summed E-state index contributed by atoms with van der Waals surface area (Å²) in [7, 11) is 0. The monoisotopic (exact) mass is 294 g/mol. The van der Waals surface area contributed by atoms with Crippen LogP contribution in [0.2, 0.25) is 0 Å². The van der Waals surface area contributed by atoms with E-state index in [0.29, 0.717) is 25.0 Å². The Morgan fingerprint density at radius 1 is 1.15 bits per heavy atom. The lowest BCUT2D eigenvalue weighted by Crippen LogP contribution is -2.55. The molecule has 2 fully saturated rings. The highest BCUT2D eigenvalue weighted by Gasteiger charge is 2.42. The Morgan fingerprint density at radius 2 is 1.75 bits per heavy atom. The Hall–Kier alpha value is -0.330. The Morgan fingerprint density at radius 3 is 2.20 bits per heavy atom. The van der Waals surface area contributed by atoms with E-state index in [-0.39, 0.29) is 18.7 Å². The van der Waals surface area contributed by atoms with Gasteiger partial charge < -0.3 is 15.3 Å². The van der Waals surface area contributed by atoms with E-state index >= 15 is 0 Å². The van der Waals surface area contributed by atoms with Crippen molar-refractivity contribution in [2.24, 2.45) is 5.92 Å². The Kier molecular flexibility index (Phi) is 4.97. The maximum atomic E-state index is 12.2. The van der Waals surface area contributed by atoms with Gasteiger partial charge in [0, 0.05) is 18.1 Å². The summed E-state index contributed by atoms with van der Waals surface area (Å²) < 4.78 is 36.6. The van der Waals surface area contributed by atoms with Crippen LogP contribution >= 0.6 is 0 Å². The lowest BCUT2D eigenvalue weighted by atomic mass is 9.93. The first-order chi connectivity index (χ1) is 9.32. The van der Waals surface area contributed by atoms with Crippen molar-refractivity contribution in [3.63, 3.8) is 0 Å². The van der Waals surface area contributed by atoms with Crippen LogP contribution in [-0.4, -0.2) is 54.0 Å². The van der Waals surface area contributed by atoms with E-state index in [2.05, 4.69) is 12.2 Å². The van der Waals surface area contributed by atoms with Crippen LogP contribution in [0.25, 0.3) is 0 Å². The molecule has 2 rings (SSSR count). The summed E-state index contributed by atoms with van der Waals surface area (Å²) in [5, 5.41) is 13.1. The fraction of sp³-hybridized carbons (Fsp3) is 1.00. The van der Waals surface area contributed by atoms with Crippen LogP contribution in [0.4, 0.5) is 13.2 Å². The van der Waals surface area contributed by atoms with E-state index in [1.54, 1.807) is 0 Å². The number of alkyl halides is 3. The molecule has 0 bridgehead atoms. The van der Waals surface area contributed by atoms with Gasteiger partial charge in [-0.1, -0.05) is 0 Å². The van der Waals surface area contributed by atoms with Crippen molar-refractivity contribution in [1.29, 1.82) is 0 Å². The van der Waals surface area contributed by atoms with Gasteiger partial charge in [0.15, 0.2) is 0 Å². The standard InChI is InChI=1S/C14H25F3N2O/c1-13(10-20,11-2-3-11)18-12-4-7-19(8-5-12)9-6-14(15,16)17/h11-12,18,20H,2-10H2,1H3. The topological polar surface area (TPSA) is 35.5 Å². The number of rotatable bonds is 6. The van der Waals surface area contributed by atoms with E-state index in [1.807, 2.05) is 4.90 Å². The zero-order valence-corrected chi connectivity index (χ0v) is 12.0. The molecule has 1 aliphatic heterocycles. The van der Waals surface area contributed by atoms with Crippen LogP contribution in [0.1, 0.15) is 39.0 Å². The molecule has 1 unspecified atom stereocenters. The van der Waals surface area contributed by atoms with Gasteiger partial charge in [0.05, 0.1) is 13.0 Å². The second kappa shape index (κ2) is 6.20. The Labute approximate surface area is 118 Å². The summed E-state index contributed by atoms with van der Waals surface area (Å²) in [5.74, 6) is 0.552. The number of hydrogen-bond acceptors (Lipinski definition) is 3. The molecule has 0 amide bonds. The smallest absolute Gasteiger partial charge is 0.390 e. The number of aliphatic hydroxyl groups is 1. The van der Waals surface area contributed by atoms with Crippen LogP contribution in [0, 0.1) is 5.92 Å². The van der Waals surface area contributed by atoms with Gasteiger partial charge in [0.2, 0.25) is 0 Å². The highest BCUT2D eigenvalue weighted by Crippen LogP contribution is 2.40. The van der Waals surface area contributed by atoms with Crippen molar-refractivity contribution in [2.75, 3.05) is 26.2 Å². The summed E-state index contributed by atoms with van der Waals surface area (Å²) in [6, 6.07) is 0.315. The maximum absolute atomic E-state index is 12.2. The lowest BCUT2D eigenvalue weighted by Gasteiger charge is -2.39. The number of piperidine rings is 1. The van der Waals surface area contributed by atoms with Crippen molar-refractivity contribution >= 4 is 0 Å². The largest absolute Gasteiger partial charge is 0.394 e. The number of hydrogen-bond donors (Lipinski definition) is 2. The van der Waals surface area contributed by atoms with E-state index in [4.69, 9.17) is 0 Å². The Balaban J connectivity index is 1.71. The van der Waals surface area contributed by atoms with E-state index in [9.17, 15) is 18.3 Å². The summed E-state index contributed by atoms with van der Waals surface area (Å²) in [4.78, 5) is 1.89. The zero-order chi connectivity index (χ0) is 14.8. The first kappa shape index (κ1) is 16.0. The van der Waals surface area contributed by atoms with Crippen LogP contribution in [0.3, 0.4) is 0 Å². The molecule has 1 heterocycles. The quantitative estimate of drug-likeness (QED) is 0.788. The average Bonchev–Trinajstić information content (AvgIpc) is 3.21. The minimum atomic E-state index is -4.06. The van der Waals surface area contributed by atoms with Crippen molar-refractivity contribution in [3.05, 3.63) is 0 Å². The summed E-state index contributed by atoms with van der Waals surface area (Å²) in [5.41, 5.74) is -0.210. The molecular weight excluding hydrogens is 269 g/mol. The molecule has 0 aromatic carbocycles. The van der Waals surface area contributed by atoms with Gasteiger partial charge in [-0.15, -0.1) is 0 Å². The van der Waals surface area contributed by atoms with Crippen molar-refractivity contribution < 1.29 is 18.3 Å². The van der Waals surface area contributed by atoms with Crippen molar-refractivity contribution in [2.45, 2.75) is 56.8 Å². The molecular formula is C14H25F3N2O. The molecule has 1 atom stereocenters. The third kappa shape index (κ3) is 4.60. The molecule has 0 radical (unpaired) electrons. The molecule has 1 aliphatic carbocycles. The van der Waals surface area contributed by atoms with Gasteiger partial charge in [-0.3, -0.25) is 0 Å². The van der Waals surface area contributed by atoms with Gasteiger partial charge in [-0.2, -0.15) is 13.2 Å². The molecule has 0 spiro atoms. The van der Waals surface area contributed by atoms with Crippen LogP contribution in [-0.2, 0) is 0 Å². The van der Waals surface area contributed by atoms with Gasteiger partial charge in [0.1, 0.15) is 0 Å². The van der Waals surface area contributed by atoms with Gasteiger partial charge in [0.25, 0.3) is 0 Å². The minimum Gasteiger partial charge on any atom is -0.394 e. The lowest BCUT2D eigenvalue weighted by molar-refractivity contribution is -0.138. The summed E-state index contributed by atoms with van der Waals surface area (Å²) >= 11 is 0. The molecule has 20 heavy (non-hydrogen) atoms. The van der Waals surface area contributed by atoms with Crippen LogP contribution in [0.15, 0.2) is 0 Å². The predicted molar refractivity (Wildman–Crippen MR) is 71.5 cm³/mol. The average molecular weight is 294 g/mol. The molecule has 6 heteroatoms. The molecule has 1 saturated heterocycles. The predicted octanol–water partition coefficient (Wildman–Crippen LogP) is 2.15. The zero-order valence-electron chi connectivity index (χ0n) is 12.0. The molecule has 2 N–H and O–H groups in total.